The summed E-state index contributed by atoms with van der Waals surface area (Å²) in [5.74, 6) is 2.88. The number of esters is 1. The van der Waals surface area contributed by atoms with E-state index in [9.17, 15) is 4.79 Å². The van der Waals surface area contributed by atoms with Gasteiger partial charge in [-0.15, -0.1) is 0 Å². The summed E-state index contributed by atoms with van der Waals surface area (Å²) in [6.07, 6.45) is 6.06. The van der Waals surface area contributed by atoms with Crippen molar-refractivity contribution in [2.75, 3.05) is 33.9 Å². The van der Waals surface area contributed by atoms with Crippen molar-refractivity contribution in [1.82, 2.24) is 4.90 Å². The van der Waals surface area contributed by atoms with Crippen LogP contribution in [0.15, 0.2) is 42.5 Å². The highest BCUT2D eigenvalue weighted by atomic mass is 16.5. The van der Waals surface area contributed by atoms with Gasteiger partial charge in [-0.2, -0.15) is 0 Å². The number of fused-ring (bicyclic) bond motifs is 4. The third kappa shape index (κ3) is 4.23. The molecule has 0 amide bonds. The van der Waals surface area contributed by atoms with Crippen LogP contribution in [0.2, 0.25) is 0 Å². The van der Waals surface area contributed by atoms with Gasteiger partial charge in [-0.25, -0.2) is 4.79 Å². The van der Waals surface area contributed by atoms with Crippen molar-refractivity contribution in [2.24, 2.45) is 11.8 Å². The fraction of sp³-hybridized carbons (Fsp3) is 0.536. The highest BCUT2D eigenvalue weighted by molar-refractivity contribution is 5.89. The van der Waals surface area contributed by atoms with E-state index >= 15 is 0 Å². The Hall–Kier alpha value is -2.53. The molecule has 1 saturated heterocycles. The van der Waals surface area contributed by atoms with Crippen molar-refractivity contribution in [3.63, 3.8) is 0 Å². The van der Waals surface area contributed by atoms with Crippen molar-refractivity contribution in [3.8, 4) is 11.5 Å². The van der Waals surface area contributed by atoms with Crippen LogP contribution in [0, 0.1) is 11.8 Å². The molecule has 3 aliphatic rings. The second-order valence-electron chi connectivity index (χ2n) is 10.0. The minimum absolute atomic E-state index is 0.0960. The van der Waals surface area contributed by atoms with E-state index < -0.39 is 0 Å². The first-order valence-electron chi connectivity index (χ1n) is 12.3. The number of hydrogen-bond donors (Lipinski definition) is 0. The van der Waals surface area contributed by atoms with Gasteiger partial charge in [0.1, 0.15) is 11.5 Å². The van der Waals surface area contributed by atoms with E-state index in [4.69, 9.17) is 14.2 Å². The largest absolute Gasteiger partial charge is 0.497 e. The molecule has 3 atom stereocenters. The first kappa shape index (κ1) is 22.3. The Morgan fingerprint density at radius 3 is 2.55 bits per heavy atom. The van der Waals surface area contributed by atoms with Crippen molar-refractivity contribution in [1.29, 1.82) is 0 Å². The highest BCUT2D eigenvalue weighted by Gasteiger charge is 2.51. The lowest BCUT2D eigenvalue weighted by Crippen LogP contribution is -2.59. The van der Waals surface area contributed by atoms with E-state index in [0.29, 0.717) is 24.1 Å². The number of ether oxygens (including phenoxy) is 3. The molecule has 176 valence electrons. The Kier molecular flexibility index (Phi) is 6.09. The van der Waals surface area contributed by atoms with E-state index in [-0.39, 0.29) is 11.4 Å². The van der Waals surface area contributed by atoms with Gasteiger partial charge in [0.25, 0.3) is 0 Å². The number of carbonyl (C=O) groups excluding carboxylic acids is 1. The fourth-order valence-electron chi connectivity index (χ4n) is 6.16. The van der Waals surface area contributed by atoms with Gasteiger partial charge in [0, 0.05) is 18.0 Å². The molecule has 0 radical (unpaired) electrons. The van der Waals surface area contributed by atoms with Crippen LogP contribution in [-0.4, -0.2) is 50.8 Å². The first-order valence-corrected chi connectivity index (χ1v) is 12.3. The van der Waals surface area contributed by atoms with Gasteiger partial charge >= 0.3 is 5.97 Å². The van der Waals surface area contributed by atoms with Crippen molar-refractivity contribution in [3.05, 3.63) is 59.2 Å². The average molecular weight is 450 g/mol. The molecule has 1 saturated carbocycles. The highest BCUT2D eigenvalue weighted by Crippen LogP contribution is 2.52. The summed E-state index contributed by atoms with van der Waals surface area (Å²) in [5, 5.41) is 0. The van der Waals surface area contributed by atoms with Gasteiger partial charge in [-0.05, 0) is 98.0 Å². The number of rotatable bonds is 8. The van der Waals surface area contributed by atoms with Gasteiger partial charge < -0.3 is 14.2 Å². The van der Waals surface area contributed by atoms with Crippen LogP contribution in [0.25, 0.3) is 0 Å². The molecule has 5 rings (SSSR count). The predicted octanol–water partition coefficient (Wildman–Crippen LogP) is 4.87. The fourth-order valence-corrected chi connectivity index (χ4v) is 6.16. The van der Waals surface area contributed by atoms with Gasteiger partial charge in [0.15, 0.2) is 0 Å². The number of likely N-dealkylation sites (tertiary alicyclic amines) is 1. The van der Waals surface area contributed by atoms with Crippen molar-refractivity contribution < 1.29 is 19.0 Å². The summed E-state index contributed by atoms with van der Waals surface area (Å²) >= 11 is 0. The normalized spacial score (nSPS) is 26.4. The molecule has 1 heterocycles. The Balaban J connectivity index is 1.36. The van der Waals surface area contributed by atoms with Crippen molar-refractivity contribution in [2.45, 2.75) is 50.5 Å². The third-order valence-corrected chi connectivity index (χ3v) is 8.33. The zero-order valence-corrected chi connectivity index (χ0v) is 20.0. The standard InChI is InChI=1S/C28H35NO4/c1-19-26-16-22-8-11-24(31-2)17-25(22)28(19,12-14-29(26)18-20-4-5-20)13-15-33-23-9-6-21(7-10-23)27(30)32-3/h6-11,17,19-20,26H,4-5,12-16,18H2,1-3H3/t19-,26?,28+/m0/s1. The summed E-state index contributed by atoms with van der Waals surface area (Å²) in [4.78, 5) is 14.5. The Morgan fingerprint density at radius 2 is 1.85 bits per heavy atom. The molecule has 1 unspecified atom stereocenters. The lowest BCUT2D eigenvalue weighted by Gasteiger charge is -2.56. The molecule has 0 aromatic heterocycles. The third-order valence-electron chi connectivity index (χ3n) is 8.33. The zero-order valence-electron chi connectivity index (χ0n) is 20.0. The number of methoxy groups -OCH3 is 2. The maximum atomic E-state index is 11.7. The Bertz CT molecular complexity index is 999. The summed E-state index contributed by atoms with van der Waals surface area (Å²) in [5.41, 5.74) is 3.57. The predicted molar refractivity (Wildman–Crippen MR) is 128 cm³/mol. The molecule has 5 nitrogen and oxygen atoms in total. The maximum absolute atomic E-state index is 11.7. The Morgan fingerprint density at radius 1 is 1.09 bits per heavy atom. The van der Waals surface area contributed by atoms with Crippen LogP contribution < -0.4 is 9.47 Å². The van der Waals surface area contributed by atoms with E-state index in [1.165, 1.54) is 37.6 Å². The van der Waals surface area contributed by atoms with E-state index in [1.54, 1.807) is 19.2 Å². The molecular formula is C28H35NO4. The molecule has 33 heavy (non-hydrogen) atoms. The van der Waals surface area contributed by atoms with Gasteiger partial charge in [0.05, 0.1) is 26.4 Å². The summed E-state index contributed by atoms with van der Waals surface area (Å²) in [6, 6.07) is 14.5. The Labute approximate surface area is 197 Å². The van der Waals surface area contributed by atoms with Crippen LogP contribution in [0.5, 0.6) is 11.5 Å². The van der Waals surface area contributed by atoms with Crippen molar-refractivity contribution >= 4 is 5.97 Å². The van der Waals surface area contributed by atoms with Crippen LogP contribution in [0.3, 0.4) is 0 Å². The van der Waals surface area contributed by atoms with E-state index in [0.717, 1.165) is 43.2 Å². The topological polar surface area (TPSA) is 48.0 Å². The number of nitrogens with zero attached hydrogens (tertiary/aromatic N) is 1. The summed E-state index contributed by atoms with van der Waals surface area (Å²) < 4.78 is 16.6. The van der Waals surface area contributed by atoms with Crippen LogP contribution >= 0.6 is 0 Å². The van der Waals surface area contributed by atoms with Crippen LogP contribution in [0.4, 0.5) is 0 Å². The minimum atomic E-state index is -0.328. The average Bonchev–Trinajstić information content (AvgIpc) is 3.66. The van der Waals surface area contributed by atoms with Crippen LogP contribution in [-0.2, 0) is 16.6 Å². The number of carbonyl (C=O) groups is 1. The maximum Gasteiger partial charge on any atom is 0.337 e. The SMILES string of the molecule is COC(=O)c1ccc(OCC[C@@]23CCN(CC4CC4)C(Cc4ccc(OC)cc42)[C@@H]3C)cc1. The lowest BCUT2D eigenvalue weighted by molar-refractivity contribution is 0.00988. The van der Waals surface area contributed by atoms with Crippen LogP contribution in [0.1, 0.15) is 54.1 Å². The summed E-state index contributed by atoms with van der Waals surface area (Å²) in [6.45, 7) is 5.53. The smallest absolute Gasteiger partial charge is 0.337 e. The zero-order chi connectivity index (χ0) is 23.0. The molecule has 0 spiro atoms. The molecule has 2 fully saturated rings. The molecular weight excluding hydrogens is 414 g/mol. The monoisotopic (exact) mass is 449 g/mol. The molecule has 2 aromatic carbocycles. The molecule has 2 bridgehead atoms. The van der Waals surface area contributed by atoms with Gasteiger partial charge in [-0.3, -0.25) is 4.90 Å². The minimum Gasteiger partial charge on any atom is -0.497 e. The van der Waals surface area contributed by atoms with Gasteiger partial charge in [0.2, 0.25) is 0 Å². The van der Waals surface area contributed by atoms with Gasteiger partial charge in [-0.1, -0.05) is 13.0 Å². The molecule has 0 N–H and O–H groups in total. The number of benzene rings is 2. The number of piperidine rings is 1. The lowest BCUT2D eigenvalue weighted by atomic mass is 9.56. The second-order valence-corrected chi connectivity index (χ2v) is 10.0. The number of hydrogen-bond acceptors (Lipinski definition) is 5. The summed E-state index contributed by atoms with van der Waals surface area (Å²) in [7, 11) is 3.15. The van der Waals surface area contributed by atoms with E-state index in [1.807, 2.05) is 12.1 Å². The second kappa shape index (κ2) is 9.02. The molecule has 2 aliphatic carbocycles. The molecule has 5 heteroatoms. The first-order chi connectivity index (χ1) is 16.0. The van der Waals surface area contributed by atoms with E-state index in [2.05, 4.69) is 30.0 Å². The quantitative estimate of drug-likeness (QED) is 0.539. The molecule has 2 aromatic rings. The molecule has 1 aliphatic heterocycles.